The van der Waals surface area contributed by atoms with Gasteiger partial charge in [0.1, 0.15) is 5.75 Å². The number of aromatic hydroxyl groups is 1. The van der Waals surface area contributed by atoms with Gasteiger partial charge in [0.15, 0.2) is 0 Å². The highest BCUT2D eigenvalue weighted by Crippen LogP contribution is 2.15. The number of nitrogens with zero attached hydrogens (tertiary/aromatic N) is 2. The van der Waals surface area contributed by atoms with E-state index in [0.717, 1.165) is 0 Å². The number of nitro groups is 2. The molecular weight excluding hydrogens is 308 g/mol. The number of phenols is 1. The summed E-state index contributed by atoms with van der Waals surface area (Å²) < 4.78 is 0. The minimum Gasteiger partial charge on any atom is -0.508 e. The van der Waals surface area contributed by atoms with E-state index in [1.54, 1.807) is 0 Å². The maximum Gasteiger partial charge on any atom is 0.307 e. The molecule has 2 N–H and O–H groups in total. The fraction of sp³-hybridized carbons (Fsp3) is 0.0714. The summed E-state index contributed by atoms with van der Waals surface area (Å²) in [6, 6.07) is 10.5. The lowest BCUT2D eigenvalue weighted by Gasteiger charge is -1.95. The van der Waals surface area contributed by atoms with Crippen LogP contribution in [0.5, 0.6) is 5.75 Å². The first-order valence-corrected chi connectivity index (χ1v) is 6.18. The van der Waals surface area contributed by atoms with Gasteiger partial charge in [0.2, 0.25) is 0 Å². The van der Waals surface area contributed by atoms with Crippen LogP contribution in [0.4, 0.5) is 11.4 Å². The van der Waals surface area contributed by atoms with Crippen molar-refractivity contribution in [3.8, 4) is 5.75 Å². The molecule has 0 radical (unpaired) electrons. The third-order valence-electron chi connectivity index (χ3n) is 2.56. The Hall–Kier alpha value is -3.49. The van der Waals surface area contributed by atoms with Gasteiger partial charge < -0.3 is 10.2 Å². The fourth-order valence-electron chi connectivity index (χ4n) is 1.48. The summed E-state index contributed by atoms with van der Waals surface area (Å²) in [5, 5.41) is 37.4. The molecule has 0 aromatic heterocycles. The van der Waals surface area contributed by atoms with Crippen molar-refractivity contribution in [2.45, 2.75) is 6.42 Å². The number of carbonyl (C=O) groups is 1. The van der Waals surface area contributed by atoms with E-state index in [4.69, 9.17) is 10.2 Å². The van der Waals surface area contributed by atoms with Crippen molar-refractivity contribution in [3.63, 3.8) is 0 Å². The fourth-order valence-corrected chi connectivity index (χ4v) is 1.48. The lowest BCUT2D eigenvalue weighted by Crippen LogP contribution is -1.99. The van der Waals surface area contributed by atoms with E-state index < -0.39 is 15.8 Å². The Morgan fingerprint density at radius 3 is 1.61 bits per heavy atom. The summed E-state index contributed by atoms with van der Waals surface area (Å²) in [4.78, 5) is 29.5. The second-order valence-electron chi connectivity index (χ2n) is 4.27. The molecule has 0 aliphatic carbocycles. The molecule has 9 nitrogen and oxygen atoms in total. The summed E-state index contributed by atoms with van der Waals surface area (Å²) in [6.07, 6.45) is -0.113. The highest BCUT2D eigenvalue weighted by Gasteiger charge is 2.05. The van der Waals surface area contributed by atoms with Gasteiger partial charge in [-0.1, -0.05) is 12.1 Å². The molecule has 0 fully saturated rings. The molecule has 120 valence electrons. The van der Waals surface area contributed by atoms with Gasteiger partial charge in [-0.15, -0.1) is 0 Å². The van der Waals surface area contributed by atoms with E-state index in [0.29, 0.717) is 5.56 Å². The van der Waals surface area contributed by atoms with Crippen LogP contribution in [0, 0.1) is 20.2 Å². The smallest absolute Gasteiger partial charge is 0.307 e. The van der Waals surface area contributed by atoms with E-state index in [2.05, 4.69) is 0 Å². The molecule has 0 bridgehead atoms. The minimum atomic E-state index is -0.950. The Morgan fingerprint density at radius 2 is 1.26 bits per heavy atom. The number of benzene rings is 2. The highest BCUT2D eigenvalue weighted by atomic mass is 16.6. The third-order valence-corrected chi connectivity index (χ3v) is 2.56. The molecule has 0 spiro atoms. The van der Waals surface area contributed by atoms with Crippen LogP contribution in [0.1, 0.15) is 5.56 Å². The maximum atomic E-state index is 10.3. The number of nitro benzene ring substituents is 2. The largest absolute Gasteiger partial charge is 0.508 e. The average Bonchev–Trinajstić information content (AvgIpc) is 2.48. The molecule has 0 amide bonds. The molecule has 0 saturated heterocycles. The Balaban J connectivity index is 0.000000238. The zero-order valence-corrected chi connectivity index (χ0v) is 11.7. The Morgan fingerprint density at radius 1 is 0.870 bits per heavy atom. The molecule has 2 aromatic carbocycles. The van der Waals surface area contributed by atoms with E-state index in [1.807, 2.05) is 0 Å². The van der Waals surface area contributed by atoms with Crippen LogP contribution in [0.2, 0.25) is 0 Å². The number of hydrogen-bond acceptors (Lipinski definition) is 6. The van der Waals surface area contributed by atoms with Crippen LogP contribution in [0.15, 0.2) is 48.5 Å². The van der Waals surface area contributed by atoms with Crippen LogP contribution < -0.4 is 0 Å². The van der Waals surface area contributed by atoms with Crippen molar-refractivity contribution in [2.75, 3.05) is 0 Å². The van der Waals surface area contributed by atoms with Crippen LogP contribution in [-0.4, -0.2) is 26.0 Å². The lowest BCUT2D eigenvalue weighted by molar-refractivity contribution is -0.385. The molecular formula is C14H12N2O7. The van der Waals surface area contributed by atoms with Gasteiger partial charge in [0, 0.05) is 24.3 Å². The van der Waals surface area contributed by atoms with Gasteiger partial charge in [-0.2, -0.15) is 0 Å². The second kappa shape index (κ2) is 8.08. The zero-order valence-electron chi connectivity index (χ0n) is 11.7. The number of phenolic OH excluding ortho intramolecular Hbond substituents is 1. The Kier molecular flexibility index (Phi) is 6.17. The lowest BCUT2D eigenvalue weighted by atomic mass is 10.1. The highest BCUT2D eigenvalue weighted by molar-refractivity contribution is 5.70. The normalized spacial score (nSPS) is 9.39. The predicted octanol–water partition coefficient (Wildman–Crippen LogP) is 2.52. The molecule has 0 saturated carbocycles. The summed E-state index contributed by atoms with van der Waals surface area (Å²) in [5.74, 6) is -0.917. The zero-order chi connectivity index (χ0) is 17.4. The Bertz CT molecular complexity index is 696. The molecule has 0 atom stereocenters. The molecule has 9 heteroatoms. The number of hydrogen-bond donors (Lipinski definition) is 2. The number of carboxylic acid groups (broad SMARTS) is 1. The number of rotatable bonds is 4. The number of carboxylic acids is 1. The van der Waals surface area contributed by atoms with E-state index in [9.17, 15) is 25.0 Å². The first-order chi connectivity index (χ1) is 10.8. The van der Waals surface area contributed by atoms with E-state index in [-0.39, 0.29) is 23.5 Å². The molecule has 23 heavy (non-hydrogen) atoms. The van der Waals surface area contributed by atoms with Gasteiger partial charge in [0.05, 0.1) is 16.3 Å². The van der Waals surface area contributed by atoms with Crippen LogP contribution in [0.3, 0.4) is 0 Å². The van der Waals surface area contributed by atoms with Crippen molar-refractivity contribution in [1.82, 2.24) is 0 Å². The summed E-state index contributed by atoms with van der Waals surface area (Å²) in [6.45, 7) is 0. The predicted molar refractivity (Wildman–Crippen MR) is 79.2 cm³/mol. The molecule has 0 heterocycles. The molecule has 2 rings (SSSR count). The van der Waals surface area contributed by atoms with Crippen LogP contribution in [-0.2, 0) is 11.2 Å². The summed E-state index contributed by atoms with van der Waals surface area (Å²) >= 11 is 0. The van der Waals surface area contributed by atoms with Gasteiger partial charge in [-0.05, 0) is 17.7 Å². The summed E-state index contributed by atoms with van der Waals surface area (Å²) in [5.41, 5.74) is 0.505. The van der Waals surface area contributed by atoms with Crippen LogP contribution in [0.25, 0.3) is 0 Å². The van der Waals surface area contributed by atoms with Gasteiger partial charge >= 0.3 is 5.97 Å². The SMILES string of the molecule is O=C(O)Cc1ccc([N+](=O)[O-])cc1.O=[N+]([O-])c1ccc(O)cc1. The van der Waals surface area contributed by atoms with Crippen molar-refractivity contribution >= 4 is 17.3 Å². The first kappa shape index (κ1) is 17.6. The molecule has 0 aliphatic heterocycles. The minimum absolute atomic E-state index is 0.0159. The molecule has 0 unspecified atom stereocenters. The standard InChI is InChI=1S/C8H7NO4.C6H5NO3/c10-8(11)5-6-1-3-7(4-2-6)9(12)13;8-6-3-1-5(2-4-6)7(9)10/h1-4H,5H2,(H,10,11);1-4,8H. The second-order valence-corrected chi connectivity index (χ2v) is 4.27. The summed E-state index contributed by atoms with van der Waals surface area (Å²) in [7, 11) is 0. The topological polar surface area (TPSA) is 144 Å². The van der Waals surface area contributed by atoms with Gasteiger partial charge in [0.25, 0.3) is 11.4 Å². The average molecular weight is 320 g/mol. The van der Waals surface area contributed by atoms with Crippen molar-refractivity contribution in [2.24, 2.45) is 0 Å². The Labute approximate surface area is 129 Å². The quantitative estimate of drug-likeness (QED) is 0.650. The van der Waals surface area contributed by atoms with E-state index in [1.165, 1.54) is 48.5 Å². The third kappa shape index (κ3) is 6.21. The van der Waals surface area contributed by atoms with Gasteiger partial charge in [-0.3, -0.25) is 25.0 Å². The van der Waals surface area contributed by atoms with Crippen molar-refractivity contribution < 1.29 is 24.9 Å². The van der Waals surface area contributed by atoms with Gasteiger partial charge in [-0.25, -0.2) is 0 Å². The first-order valence-electron chi connectivity index (χ1n) is 6.18. The maximum absolute atomic E-state index is 10.3. The number of non-ortho nitro benzene ring substituents is 2. The molecule has 2 aromatic rings. The van der Waals surface area contributed by atoms with E-state index >= 15 is 0 Å². The van der Waals surface area contributed by atoms with Crippen LogP contribution >= 0.6 is 0 Å². The van der Waals surface area contributed by atoms with Crippen molar-refractivity contribution in [1.29, 1.82) is 0 Å². The number of aliphatic carboxylic acids is 1. The van der Waals surface area contributed by atoms with Crippen molar-refractivity contribution in [3.05, 3.63) is 74.3 Å². The monoisotopic (exact) mass is 320 g/mol. The molecule has 0 aliphatic rings.